The molecule has 1 fully saturated rings. The lowest BCUT2D eigenvalue weighted by Crippen LogP contribution is -2.35. The maximum absolute atomic E-state index is 13.4. The van der Waals surface area contributed by atoms with Gasteiger partial charge >= 0.3 is 0 Å². The molecule has 1 aliphatic rings. The van der Waals surface area contributed by atoms with Gasteiger partial charge in [0.25, 0.3) is 5.69 Å². The van der Waals surface area contributed by atoms with Crippen molar-refractivity contribution in [2.24, 2.45) is 5.92 Å². The quantitative estimate of drug-likeness (QED) is 0.503. The van der Waals surface area contributed by atoms with Gasteiger partial charge in [0, 0.05) is 18.1 Å². The zero-order valence-corrected chi connectivity index (χ0v) is 10.5. The second-order valence-electron chi connectivity index (χ2n) is 4.14. The molecule has 1 amide bonds. The average molecular weight is 283 g/mol. The zero-order chi connectivity index (χ0) is 14.0. The summed E-state index contributed by atoms with van der Waals surface area (Å²) >= 11 is 4.85. The van der Waals surface area contributed by atoms with Crippen LogP contribution in [0.3, 0.4) is 0 Å². The summed E-state index contributed by atoms with van der Waals surface area (Å²) in [4.78, 5) is 21.4. The van der Waals surface area contributed by atoms with Gasteiger partial charge < -0.3 is 10.6 Å². The Bertz CT molecular complexity index is 560. The fourth-order valence-electron chi connectivity index (χ4n) is 1.44. The van der Waals surface area contributed by atoms with Gasteiger partial charge in [-0.1, -0.05) is 0 Å². The molecule has 2 N–H and O–H groups in total. The first-order valence-corrected chi connectivity index (χ1v) is 5.94. The van der Waals surface area contributed by atoms with Gasteiger partial charge in [0.05, 0.1) is 10.6 Å². The second kappa shape index (κ2) is 5.27. The Kier molecular flexibility index (Phi) is 3.70. The number of halogens is 1. The van der Waals surface area contributed by atoms with E-state index in [1.807, 2.05) is 0 Å². The number of rotatable bonds is 3. The molecule has 0 unspecified atom stereocenters. The number of nitro groups is 1. The number of anilines is 1. The minimum absolute atomic E-state index is 0.0327. The third-order valence-electron chi connectivity index (χ3n) is 2.59. The summed E-state index contributed by atoms with van der Waals surface area (Å²) in [7, 11) is 0. The number of nitrogens with zero attached hydrogens (tertiary/aromatic N) is 1. The topological polar surface area (TPSA) is 84.3 Å². The summed E-state index contributed by atoms with van der Waals surface area (Å²) in [6.07, 6.45) is 1.64. The van der Waals surface area contributed by atoms with Gasteiger partial charge in [0.15, 0.2) is 5.11 Å². The highest BCUT2D eigenvalue weighted by Crippen LogP contribution is 2.28. The van der Waals surface area contributed by atoms with E-state index in [0.29, 0.717) is 0 Å². The van der Waals surface area contributed by atoms with E-state index in [9.17, 15) is 19.3 Å². The van der Waals surface area contributed by atoms with E-state index in [1.54, 1.807) is 0 Å². The molecule has 0 aromatic heterocycles. The lowest BCUT2D eigenvalue weighted by molar-refractivity contribution is -0.384. The van der Waals surface area contributed by atoms with Crippen LogP contribution in [0.2, 0.25) is 0 Å². The van der Waals surface area contributed by atoms with Crippen molar-refractivity contribution in [1.82, 2.24) is 5.32 Å². The van der Waals surface area contributed by atoms with Crippen LogP contribution in [0.1, 0.15) is 12.8 Å². The Morgan fingerprint density at radius 1 is 1.47 bits per heavy atom. The highest BCUT2D eigenvalue weighted by molar-refractivity contribution is 7.80. The first kappa shape index (κ1) is 13.3. The van der Waals surface area contributed by atoms with Crippen LogP contribution < -0.4 is 10.6 Å². The van der Waals surface area contributed by atoms with E-state index in [2.05, 4.69) is 10.6 Å². The minimum atomic E-state index is -0.686. The molecular formula is C11H10FN3O3S. The van der Waals surface area contributed by atoms with Gasteiger partial charge in [-0.25, -0.2) is 4.39 Å². The number of amides is 1. The van der Waals surface area contributed by atoms with Crippen LogP contribution in [0.4, 0.5) is 15.8 Å². The summed E-state index contributed by atoms with van der Waals surface area (Å²) in [5.74, 6) is -0.938. The number of non-ortho nitro benzene ring substituents is 1. The molecule has 0 atom stereocenters. The lowest BCUT2D eigenvalue weighted by atomic mass is 10.2. The predicted molar refractivity (Wildman–Crippen MR) is 70.1 cm³/mol. The number of hydrogen-bond donors (Lipinski definition) is 2. The number of carbonyl (C=O) groups excluding carboxylic acids is 1. The Balaban J connectivity index is 2.04. The molecule has 1 aromatic rings. The summed E-state index contributed by atoms with van der Waals surface area (Å²) in [5, 5.41) is 15.4. The van der Waals surface area contributed by atoms with Crippen LogP contribution in [0.5, 0.6) is 0 Å². The molecule has 0 radical (unpaired) electrons. The Morgan fingerprint density at radius 3 is 2.74 bits per heavy atom. The number of hydrogen-bond acceptors (Lipinski definition) is 4. The van der Waals surface area contributed by atoms with E-state index < -0.39 is 10.7 Å². The average Bonchev–Trinajstić information content (AvgIpc) is 3.15. The smallest absolute Gasteiger partial charge is 0.271 e. The van der Waals surface area contributed by atoms with Crippen LogP contribution in [-0.2, 0) is 4.79 Å². The number of benzene rings is 1. The Morgan fingerprint density at radius 2 is 2.16 bits per heavy atom. The molecule has 0 spiro atoms. The van der Waals surface area contributed by atoms with E-state index in [-0.39, 0.29) is 28.3 Å². The minimum Gasteiger partial charge on any atom is -0.330 e. The molecule has 0 aliphatic heterocycles. The van der Waals surface area contributed by atoms with Crippen LogP contribution in [0.25, 0.3) is 0 Å². The van der Waals surface area contributed by atoms with Gasteiger partial charge in [-0.05, 0) is 31.1 Å². The van der Waals surface area contributed by atoms with Crippen molar-refractivity contribution in [1.29, 1.82) is 0 Å². The summed E-state index contributed by atoms with van der Waals surface area (Å²) < 4.78 is 13.4. The fourth-order valence-corrected chi connectivity index (χ4v) is 1.65. The first-order chi connectivity index (χ1) is 8.97. The Labute approximate surface area is 113 Å². The van der Waals surface area contributed by atoms with Crippen molar-refractivity contribution in [2.45, 2.75) is 12.8 Å². The van der Waals surface area contributed by atoms with Crippen molar-refractivity contribution in [3.63, 3.8) is 0 Å². The molecule has 0 saturated heterocycles. The molecule has 1 saturated carbocycles. The summed E-state index contributed by atoms with van der Waals surface area (Å²) in [6, 6.07) is 3.03. The van der Waals surface area contributed by atoms with Gasteiger partial charge in [0.1, 0.15) is 5.82 Å². The molecular weight excluding hydrogens is 273 g/mol. The third kappa shape index (κ3) is 3.44. The van der Waals surface area contributed by atoms with Crippen LogP contribution >= 0.6 is 12.2 Å². The van der Waals surface area contributed by atoms with Crippen molar-refractivity contribution >= 4 is 34.6 Å². The summed E-state index contributed by atoms with van der Waals surface area (Å²) in [5.41, 5.74) is -0.407. The van der Waals surface area contributed by atoms with Crippen molar-refractivity contribution in [2.75, 3.05) is 5.32 Å². The van der Waals surface area contributed by atoms with Crippen molar-refractivity contribution < 1.29 is 14.1 Å². The number of nitrogens with one attached hydrogen (secondary N) is 2. The van der Waals surface area contributed by atoms with E-state index in [4.69, 9.17) is 12.2 Å². The highest BCUT2D eigenvalue weighted by Gasteiger charge is 2.30. The standard InChI is InChI=1S/C11H10FN3O3S/c12-8-4-3-7(15(17)18)5-9(8)13-11(19)14-10(16)6-1-2-6/h3-6H,1-2H2,(H2,13,14,16,19). The fraction of sp³-hybridized carbons (Fsp3) is 0.273. The molecule has 6 nitrogen and oxygen atoms in total. The van der Waals surface area contributed by atoms with Crippen LogP contribution in [0.15, 0.2) is 18.2 Å². The normalized spacial score (nSPS) is 13.7. The lowest BCUT2D eigenvalue weighted by Gasteiger charge is -2.09. The van der Waals surface area contributed by atoms with Gasteiger partial charge in [-0.2, -0.15) is 0 Å². The molecule has 2 rings (SSSR count). The van der Waals surface area contributed by atoms with E-state index in [0.717, 1.165) is 31.0 Å². The molecule has 0 bridgehead atoms. The van der Waals surface area contributed by atoms with Crippen LogP contribution in [-0.4, -0.2) is 15.9 Å². The maximum atomic E-state index is 13.4. The second-order valence-corrected chi connectivity index (χ2v) is 4.55. The van der Waals surface area contributed by atoms with Gasteiger partial charge in [0.2, 0.25) is 5.91 Å². The first-order valence-electron chi connectivity index (χ1n) is 5.53. The van der Waals surface area contributed by atoms with Crippen molar-refractivity contribution in [3.8, 4) is 0 Å². The number of carbonyl (C=O) groups is 1. The SMILES string of the molecule is O=C(NC(=S)Nc1cc([N+](=O)[O-])ccc1F)C1CC1. The zero-order valence-electron chi connectivity index (χ0n) is 9.68. The summed E-state index contributed by atoms with van der Waals surface area (Å²) in [6.45, 7) is 0. The largest absolute Gasteiger partial charge is 0.330 e. The Hall–Kier alpha value is -2.09. The molecule has 1 aliphatic carbocycles. The molecule has 0 heterocycles. The van der Waals surface area contributed by atoms with Gasteiger partial charge in [-0.3, -0.25) is 14.9 Å². The third-order valence-corrected chi connectivity index (χ3v) is 2.80. The van der Waals surface area contributed by atoms with Gasteiger partial charge in [-0.15, -0.1) is 0 Å². The number of nitro benzene ring substituents is 1. The molecule has 1 aromatic carbocycles. The predicted octanol–water partition coefficient (Wildman–Crippen LogP) is 1.96. The maximum Gasteiger partial charge on any atom is 0.271 e. The monoisotopic (exact) mass is 283 g/mol. The highest BCUT2D eigenvalue weighted by atomic mass is 32.1. The number of thiocarbonyl (C=S) groups is 1. The van der Waals surface area contributed by atoms with E-state index in [1.165, 1.54) is 0 Å². The van der Waals surface area contributed by atoms with Crippen LogP contribution in [0, 0.1) is 21.8 Å². The van der Waals surface area contributed by atoms with Crippen molar-refractivity contribution in [3.05, 3.63) is 34.1 Å². The molecule has 19 heavy (non-hydrogen) atoms. The molecule has 100 valence electrons. The van der Waals surface area contributed by atoms with E-state index >= 15 is 0 Å². The molecule has 8 heteroatoms.